The van der Waals surface area contributed by atoms with Gasteiger partial charge in [0, 0.05) is 58.9 Å². The fourth-order valence-electron chi connectivity index (χ4n) is 0.735. The van der Waals surface area contributed by atoms with Gasteiger partial charge in [-0.2, -0.15) is 12.9 Å². The van der Waals surface area contributed by atoms with Gasteiger partial charge in [-0.15, -0.1) is 0 Å². The first-order valence-electron chi connectivity index (χ1n) is 3.30. The first-order valence-corrected chi connectivity index (χ1v) is 5.67. The summed E-state index contributed by atoms with van der Waals surface area (Å²) in [5.74, 6) is -0.268. The Labute approximate surface area is 126 Å². The smallest absolute Gasteiger partial charge is 0.211 e. The molecular formula is C3HCl7N6. The normalized spacial score (nSPS) is 20.8. The van der Waals surface area contributed by atoms with Gasteiger partial charge in [0.05, 0.1) is 0 Å². The van der Waals surface area contributed by atoms with Crippen LogP contribution in [0.4, 0.5) is 0 Å². The van der Waals surface area contributed by atoms with Crippen molar-refractivity contribution in [2.24, 2.45) is 9.98 Å². The lowest BCUT2D eigenvalue weighted by molar-refractivity contribution is 0.343. The molecule has 0 bridgehead atoms. The zero-order chi connectivity index (χ0) is 12.5. The third-order valence-corrected chi connectivity index (χ3v) is 2.58. The molecule has 1 rings (SSSR count). The van der Waals surface area contributed by atoms with E-state index in [-0.39, 0.29) is 11.9 Å². The summed E-state index contributed by atoms with van der Waals surface area (Å²) in [6.07, 6.45) is -1.05. The first kappa shape index (κ1) is 14.8. The van der Waals surface area contributed by atoms with Crippen LogP contribution in [0.15, 0.2) is 9.98 Å². The molecule has 0 spiro atoms. The van der Waals surface area contributed by atoms with Gasteiger partial charge < -0.3 is 0 Å². The topological polar surface area (TPSA) is 37.7 Å². The summed E-state index contributed by atoms with van der Waals surface area (Å²) < 4.78 is 2.66. The van der Waals surface area contributed by atoms with Gasteiger partial charge in [-0.25, -0.2) is 9.41 Å². The second kappa shape index (κ2) is 6.06. The molecule has 1 heterocycles. The Morgan fingerprint density at radius 3 is 1.94 bits per heavy atom. The number of hydrogen-bond donors (Lipinski definition) is 0. The van der Waals surface area contributed by atoms with Gasteiger partial charge in [-0.05, 0) is 23.6 Å². The van der Waals surface area contributed by atoms with Crippen LogP contribution in [0.1, 0.15) is 0 Å². The highest BCUT2D eigenvalue weighted by molar-refractivity contribution is 6.46. The highest BCUT2D eigenvalue weighted by Gasteiger charge is 2.33. The van der Waals surface area contributed by atoms with Gasteiger partial charge in [0.1, 0.15) is 0 Å². The summed E-state index contributed by atoms with van der Waals surface area (Å²) in [5, 5.41) is 0. The van der Waals surface area contributed by atoms with Gasteiger partial charge in [0.2, 0.25) is 6.29 Å². The van der Waals surface area contributed by atoms with Crippen molar-refractivity contribution in [3.63, 3.8) is 0 Å². The van der Waals surface area contributed by atoms with E-state index in [1.54, 1.807) is 0 Å². The molecule has 13 heteroatoms. The van der Waals surface area contributed by atoms with Crippen LogP contribution in [0.25, 0.3) is 0 Å². The maximum atomic E-state index is 5.78. The van der Waals surface area contributed by atoms with Crippen molar-refractivity contribution in [1.82, 2.24) is 16.2 Å². The molecule has 0 aliphatic carbocycles. The van der Waals surface area contributed by atoms with Gasteiger partial charge in [-0.1, -0.05) is 3.94 Å². The van der Waals surface area contributed by atoms with Crippen molar-refractivity contribution >= 4 is 94.4 Å². The van der Waals surface area contributed by atoms with Crippen molar-refractivity contribution in [2.45, 2.75) is 6.29 Å². The average Bonchev–Trinajstić information content (AvgIpc) is 2.16. The Kier molecular flexibility index (Phi) is 5.60. The highest BCUT2D eigenvalue weighted by atomic mass is 35.6. The maximum Gasteiger partial charge on any atom is 0.257 e. The molecule has 0 saturated heterocycles. The number of nitrogens with zero attached hydrogens (tertiary/aromatic N) is 6. The van der Waals surface area contributed by atoms with E-state index in [1.807, 2.05) is 0 Å². The minimum atomic E-state index is -1.05. The van der Waals surface area contributed by atoms with Crippen LogP contribution < -0.4 is 0 Å². The second-order valence-corrected chi connectivity index (χ2v) is 5.19. The number of hydrogen-bond acceptors (Lipinski definition) is 6. The lowest BCUT2D eigenvalue weighted by Crippen LogP contribution is -2.45. The monoisotopic (exact) mass is 366 g/mol. The molecule has 0 aromatic carbocycles. The van der Waals surface area contributed by atoms with Crippen LogP contribution in [0.2, 0.25) is 0 Å². The molecule has 6 nitrogen and oxygen atoms in total. The van der Waals surface area contributed by atoms with Crippen molar-refractivity contribution in [3.05, 3.63) is 0 Å². The minimum absolute atomic E-state index is 0.127. The van der Waals surface area contributed by atoms with Crippen molar-refractivity contribution in [3.8, 4) is 0 Å². The number of rotatable bonds is 1. The van der Waals surface area contributed by atoms with Gasteiger partial charge in [-0.3, -0.25) is 0 Å². The van der Waals surface area contributed by atoms with Gasteiger partial charge >= 0.3 is 0 Å². The second-order valence-electron chi connectivity index (χ2n) is 2.22. The van der Waals surface area contributed by atoms with Crippen LogP contribution in [0.3, 0.4) is 0 Å². The Morgan fingerprint density at radius 1 is 1.00 bits per heavy atom. The van der Waals surface area contributed by atoms with Gasteiger partial charge in [0.15, 0.2) is 0 Å². The fraction of sp³-hybridized carbons (Fsp3) is 0.333. The van der Waals surface area contributed by atoms with Crippen LogP contribution in [-0.2, 0) is 0 Å². The van der Waals surface area contributed by atoms with E-state index in [4.69, 9.17) is 82.4 Å². The molecule has 16 heavy (non-hydrogen) atoms. The van der Waals surface area contributed by atoms with Crippen LogP contribution in [-0.4, -0.2) is 34.4 Å². The standard InChI is InChI=1S/C3HCl7N6/c4-13-2(15(7)8)11-1(14(5)6)12-3(13)16(9)10/h2H. The summed E-state index contributed by atoms with van der Waals surface area (Å²) in [4.78, 5) is 7.53. The summed E-state index contributed by atoms with van der Waals surface area (Å²) in [7, 11) is 0. The lowest BCUT2D eigenvalue weighted by Gasteiger charge is -2.30. The molecule has 0 radical (unpaired) electrons. The van der Waals surface area contributed by atoms with Gasteiger partial charge in [0.25, 0.3) is 11.9 Å². The number of guanidine groups is 2. The van der Waals surface area contributed by atoms with Crippen LogP contribution in [0, 0.1) is 0 Å². The SMILES string of the molecule is ClN(Cl)C1=NC(N(Cl)Cl)N(Cl)C(N(Cl)Cl)=N1. The van der Waals surface area contributed by atoms with E-state index in [1.165, 1.54) is 0 Å². The molecule has 0 amide bonds. The van der Waals surface area contributed by atoms with Crippen LogP contribution >= 0.6 is 82.4 Å². The van der Waals surface area contributed by atoms with Crippen molar-refractivity contribution < 1.29 is 0 Å². The third-order valence-electron chi connectivity index (χ3n) is 1.30. The molecule has 0 fully saturated rings. The number of aliphatic imine (C=N–C) groups is 2. The van der Waals surface area contributed by atoms with E-state index < -0.39 is 6.29 Å². The highest BCUT2D eigenvalue weighted by Crippen LogP contribution is 2.24. The zero-order valence-corrected chi connectivity index (χ0v) is 12.2. The maximum absolute atomic E-state index is 5.78. The molecule has 0 saturated carbocycles. The summed E-state index contributed by atoms with van der Waals surface area (Å²) in [6, 6.07) is 0. The summed E-state index contributed by atoms with van der Waals surface area (Å²) in [6.45, 7) is 0. The fourth-order valence-corrected chi connectivity index (χ4v) is 1.81. The zero-order valence-electron chi connectivity index (χ0n) is 6.91. The molecule has 0 aromatic heterocycles. The molecule has 1 unspecified atom stereocenters. The molecule has 92 valence electrons. The predicted octanol–water partition coefficient (Wildman–Crippen LogP) is 3.28. The Bertz CT molecular complexity index is 313. The van der Waals surface area contributed by atoms with E-state index in [0.717, 1.165) is 4.42 Å². The third kappa shape index (κ3) is 3.36. The number of halogens is 7. The molecule has 0 N–H and O–H groups in total. The lowest BCUT2D eigenvalue weighted by atomic mass is 10.7. The van der Waals surface area contributed by atoms with E-state index >= 15 is 0 Å². The molecule has 1 aliphatic rings. The average molecular weight is 369 g/mol. The Hall–Kier alpha value is 0.730. The largest absolute Gasteiger partial charge is 0.257 e. The molecule has 1 aliphatic heterocycles. The van der Waals surface area contributed by atoms with Crippen molar-refractivity contribution in [2.75, 3.05) is 0 Å². The first-order chi connectivity index (χ1) is 7.34. The summed E-state index contributed by atoms with van der Waals surface area (Å²) >= 11 is 38.6. The molecule has 1 atom stereocenters. The Balaban J connectivity index is 3.07. The van der Waals surface area contributed by atoms with E-state index in [0.29, 0.717) is 11.8 Å². The Morgan fingerprint density at radius 2 is 1.56 bits per heavy atom. The predicted molar refractivity (Wildman–Crippen MR) is 67.0 cm³/mol. The quantitative estimate of drug-likeness (QED) is 0.665. The van der Waals surface area contributed by atoms with E-state index in [9.17, 15) is 0 Å². The van der Waals surface area contributed by atoms with Crippen molar-refractivity contribution in [1.29, 1.82) is 0 Å². The molecular weight excluding hydrogens is 368 g/mol. The van der Waals surface area contributed by atoms with Crippen LogP contribution in [0.5, 0.6) is 0 Å². The minimum Gasteiger partial charge on any atom is -0.211 e. The summed E-state index contributed by atoms with van der Waals surface area (Å²) in [5.41, 5.74) is 0. The van der Waals surface area contributed by atoms with E-state index in [2.05, 4.69) is 9.98 Å². The molecule has 0 aromatic rings.